The highest BCUT2D eigenvalue weighted by atomic mass is 16.4. The van der Waals surface area contributed by atoms with Gasteiger partial charge in [-0.1, -0.05) is 60.7 Å². The first-order chi connectivity index (χ1) is 12.1. The summed E-state index contributed by atoms with van der Waals surface area (Å²) in [6, 6.07) is 20.4. The second-order valence-corrected chi connectivity index (χ2v) is 5.68. The van der Waals surface area contributed by atoms with Crippen molar-refractivity contribution in [1.82, 2.24) is 0 Å². The molecule has 4 nitrogen and oxygen atoms in total. The second-order valence-electron chi connectivity index (χ2n) is 5.68. The lowest BCUT2D eigenvalue weighted by Gasteiger charge is -2.09. The van der Waals surface area contributed by atoms with E-state index < -0.39 is 11.5 Å². The highest BCUT2D eigenvalue weighted by molar-refractivity contribution is 6.18. The quantitative estimate of drug-likeness (QED) is 0.683. The molecule has 0 spiro atoms. The van der Waals surface area contributed by atoms with E-state index in [0.29, 0.717) is 16.8 Å². The molecule has 0 aliphatic heterocycles. The Morgan fingerprint density at radius 2 is 1.40 bits per heavy atom. The van der Waals surface area contributed by atoms with Gasteiger partial charge in [-0.25, -0.2) is 9.79 Å². The molecule has 124 valence electrons. The number of carbonyl (C=O) groups excluding carboxylic acids is 1. The molecule has 0 aliphatic carbocycles. The zero-order chi connectivity index (χ0) is 17.8. The lowest BCUT2D eigenvalue weighted by molar-refractivity contribution is 0.0999. The molecular weight excluding hydrogens is 314 g/mol. The third-order valence-electron chi connectivity index (χ3n) is 3.86. The first kappa shape index (κ1) is 16.6. The van der Waals surface area contributed by atoms with Crippen molar-refractivity contribution < 1.29 is 9.21 Å². The van der Waals surface area contributed by atoms with E-state index in [0.717, 1.165) is 11.1 Å². The predicted molar refractivity (Wildman–Crippen MR) is 97.3 cm³/mol. The minimum atomic E-state index is -0.470. The van der Waals surface area contributed by atoms with Crippen molar-refractivity contribution in [2.24, 2.45) is 4.99 Å². The van der Waals surface area contributed by atoms with E-state index in [2.05, 4.69) is 4.99 Å². The van der Waals surface area contributed by atoms with Gasteiger partial charge in [0.15, 0.2) is 0 Å². The molecule has 1 heterocycles. The summed E-state index contributed by atoms with van der Waals surface area (Å²) in [4.78, 5) is 28.6. The molecule has 0 saturated carbocycles. The third-order valence-corrected chi connectivity index (χ3v) is 3.86. The number of hydrogen-bond acceptors (Lipinski definition) is 3. The molecule has 4 heteroatoms. The van der Waals surface area contributed by atoms with Gasteiger partial charge < -0.3 is 4.42 Å². The smallest absolute Gasteiger partial charge is 0.336 e. The summed E-state index contributed by atoms with van der Waals surface area (Å²) in [5, 5.41) is 0. The highest BCUT2D eigenvalue weighted by Crippen LogP contribution is 2.16. The summed E-state index contributed by atoms with van der Waals surface area (Å²) in [5.74, 6) is -0.152. The first-order valence-corrected chi connectivity index (χ1v) is 7.91. The van der Waals surface area contributed by atoms with Crippen LogP contribution in [0.4, 0.5) is 0 Å². The predicted octanol–water partition coefficient (Wildman–Crippen LogP) is 3.93. The van der Waals surface area contributed by atoms with Gasteiger partial charge in [0, 0.05) is 17.2 Å². The number of aliphatic imine (C=N–C) groups is 1. The van der Waals surface area contributed by atoms with Crippen molar-refractivity contribution in [3.63, 3.8) is 0 Å². The average molecular weight is 331 g/mol. The minimum Gasteiger partial charge on any atom is -0.427 e. The monoisotopic (exact) mass is 331 g/mol. The Morgan fingerprint density at radius 1 is 0.880 bits per heavy atom. The van der Waals surface area contributed by atoms with Crippen LogP contribution in [0.1, 0.15) is 32.8 Å². The summed E-state index contributed by atoms with van der Waals surface area (Å²) in [7, 11) is 0. The Balaban J connectivity index is 2.14. The molecule has 3 rings (SSSR count). The number of carbonyl (C=O) groups is 1. The van der Waals surface area contributed by atoms with Crippen LogP contribution in [0, 0.1) is 13.8 Å². The number of nitrogens with zero attached hydrogens (tertiary/aromatic N) is 1. The summed E-state index contributed by atoms with van der Waals surface area (Å²) in [6.07, 6.45) is 0. The van der Waals surface area contributed by atoms with Crippen LogP contribution in [0.3, 0.4) is 0 Å². The summed E-state index contributed by atoms with van der Waals surface area (Å²) < 4.78 is 5.06. The molecule has 0 unspecified atom stereocenters. The van der Waals surface area contributed by atoms with Crippen molar-refractivity contribution in [3.05, 3.63) is 105 Å². The average Bonchev–Trinajstić information content (AvgIpc) is 2.60. The Morgan fingerprint density at radius 3 is 1.88 bits per heavy atom. The molecule has 0 aliphatic rings. The molecule has 2 aromatic carbocycles. The number of rotatable bonds is 3. The van der Waals surface area contributed by atoms with E-state index in [1.54, 1.807) is 13.8 Å². The van der Waals surface area contributed by atoms with Gasteiger partial charge in [0.2, 0.25) is 0 Å². The maximum absolute atomic E-state index is 12.8. The van der Waals surface area contributed by atoms with Gasteiger partial charge >= 0.3 is 5.63 Å². The van der Waals surface area contributed by atoms with E-state index in [4.69, 9.17) is 4.42 Å². The lowest BCUT2D eigenvalue weighted by atomic mass is 10.0. The zero-order valence-electron chi connectivity index (χ0n) is 14.0. The largest absolute Gasteiger partial charge is 0.427 e. The Labute approximate surface area is 145 Å². The molecule has 0 saturated heterocycles. The molecule has 0 fully saturated rings. The van der Waals surface area contributed by atoms with E-state index in [-0.39, 0.29) is 5.76 Å². The number of benzene rings is 2. The zero-order valence-corrected chi connectivity index (χ0v) is 14.0. The van der Waals surface area contributed by atoms with Gasteiger partial charge in [0.1, 0.15) is 5.76 Å². The van der Waals surface area contributed by atoms with Gasteiger partial charge in [-0.3, -0.25) is 4.79 Å². The normalized spacial score (nSPS) is 10.3. The van der Waals surface area contributed by atoms with Crippen molar-refractivity contribution in [1.29, 1.82) is 0 Å². The van der Waals surface area contributed by atoms with Crippen LogP contribution >= 0.6 is 0 Å². The number of amides is 1. The van der Waals surface area contributed by atoms with E-state index in [1.165, 1.54) is 6.07 Å². The standard InChI is InChI=1S/C21H17NO3/c1-14-13-18(23)25-15(2)19(14)21(24)22-20(16-9-5-3-6-10-16)17-11-7-4-8-12-17/h3-13H,1-2H3. The second kappa shape index (κ2) is 7.09. The van der Waals surface area contributed by atoms with Gasteiger partial charge in [0.05, 0.1) is 11.3 Å². The van der Waals surface area contributed by atoms with Gasteiger partial charge in [-0.2, -0.15) is 0 Å². The molecular formula is C21H17NO3. The number of aryl methyl sites for hydroxylation is 2. The molecule has 0 radical (unpaired) electrons. The highest BCUT2D eigenvalue weighted by Gasteiger charge is 2.17. The summed E-state index contributed by atoms with van der Waals surface area (Å²) in [6.45, 7) is 3.30. The molecule has 1 aromatic heterocycles. The van der Waals surface area contributed by atoms with Crippen LogP contribution in [-0.2, 0) is 0 Å². The van der Waals surface area contributed by atoms with Crippen LogP contribution in [0.25, 0.3) is 0 Å². The topological polar surface area (TPSA) is 59.6 Å². The van der Waals surface area contributed by atoms with Crippen LogP contribution < -0.4 is 5.63 Å². The molecule has 0 atom stereocenters. The van der Waals surface area contributed by atoms with Crippen molar-refractivity contribution in [2.45, 2.75) is 13.8 Å². The van der Waals surface area contributed by atoms with E-state index in [9.17, 15) is 9.59 Å². The van der Waals surface area contributed by atoms with Crippen LogP contribution in [0.15, 0.2) is 80.9 Å². The summed E-state index contributed by atoms with van der Waals surface area (Å²) >= 11 is 0. The fourth-order valence-corrected chi connectivity index (χ4v) is 2.72. The van der Waals surface area contributed by atoms with Crippen LogP contribution in [-0.4, -0.2) is 11.6 Å². The van der Waals surface area contributed by atoms with Gasteiger partial charge in [-0.15, -0.1) is 0 Å². The summed E-state index contributed by atoms with van der Waals surface area (Å²) in [5.41, 5.74) is 2.68. The van der Waals surface area contributed by atoms with Crippen molar-refractivity contribution in [3.8, 4) is 0 Å². The van der Waals surface area contributed by atoms with Crippen LogP contribution in [0.2, 0.25) is 0 Å². The molecule has 25 heavy (non-hydrogen) atoms. The van der Waals surface area contributed by atoms with Crippen molar-refractivity contribution >= 4 is 11.6 Å². The number of hydrogen-bond donors (Lipinski definition) is 0. The Kier molecular flexibility index (Phi) is 4.70. The molecule has 0 N–H and O–H groups in total. The first-order valence-electron chi connectivity index (χ1n) is 7.91. The van der Waals surface area contributed by atoms with E-state index in [1.807, 2.05) is 60.7 Å². The minimum absolute atomic E-state index is 0.277. The lowest BCUT2D eigenvalue weighted by Crippen LogP contribution is -2.12. The molecule has 1 amide bonds. The third kappa shape index (κ3) is 3.63. The van der Waals surface area contributed by atoms with Crippen molar-refractivity contribution in [2.75, 3.05) is 0 Å². The SMILES string of the molecule is Cc1cc(=O)oc(C)c1C(=O)N=C(c1ccccc1)c1ccccc1. The Hall–Kier alpha value is -3.27. The van der Waals surface area contributed by atoms with E-state index >= 15 is 0 Å². The fraction of sp³-hybridized carbons (Fsp3) is 0.0952. The van der Waals surface area contributed by atoms with Crippen LogP contribution in [0.5, 0.6) is 0 Å². The Bertz CT molecular complexity index is 919. The van der Waals surface area contributed by atoms with Gasteiger partial charge in [0.25, 0.3) is 5.91 Å². The molecule has 0 bridgehead atoms. The maximum Gasteiger partial charge on any atom is 0.336 e. The fourth-order valence-electron chi connectivity index (χ4n) is 2.72. The van der Waals surface area contributed by atoms with Gasteiger partial charge in [-0.05, 0) is 19.4 Å². The molecule has 3 aromatic rings. The maximum atomic E-state index is 12.8.